The van der Waals surface area contributed by atoms with Crippen molar-refractivity contribution in [1.82, 2.24) is 42.5 Å². The van der Waals surface area contributed by atoms with Crippen LogP contribution >= 0.6 is 0 Å². The van der Waals surface area contributed by atoms with Crippen molar-refractivity contribution in [2.75, 3.05) is 32.7 Å². The molecule has 23 nitrogen and oxygen atoms in total. The number of carbonyl (C=O) groups is 9. The van der Waals surface area contributed by atoms with E-state index in [1.54, 1.807) is 30.3 Å². The van der Waals surface area contributed by atoms with E-state index in [2.05, 4.69) is 48.6 Å². The molecule has 9 amide bonds. The highest BCUT2D eigenvalue weighted by atomic mass is 16.2. The summed E-state index contributed by atoms with van der Waals surface area (Å²) in [7, 11) is 0. The summed E-state index contributed by atoms with van der Waals surface area (Å²) in [6.07, 6.45) is 4.97. The van der Waals surface area contributed by atoms with Crippen LogP contribution < -0.4 is 76.9 Å². The molecule has 0 fully saturated rings. The topological polar surface area (TPSA) is 406 Å². The fourth-order valence-corrected chi connectivity index (χ4v) is 7.66. The molecule has 1 aromatic carbocycles. The first-order chi connectivity index (χ1) is 35.0. The van der Waals surface area contributed by atoms with E-state index >= 15 is 0 Å². The molecule has 0 spiro atoms. The van der Waals surface area contributed by atoms with Crippen LogP contribution in [-0.2, 0) is 49.6 Å². The van der Waals surface area contributed by atoms with Crippen LogP contribution in [-0.4, -0.2) is 134 Å². The van der Waals surface area contributed by atoms with Gasteiger partial charge in [0.25, 0.3) is 0 Å². The fourth-order valence-electron chi connectivity index (χ4n) is 7.66. The molecule has 0 saturated heterocycles. The molecular weight excluding hydrogens is 953 g/mol. The zero-order valence-corrected chi connectivity index (χ0v) is 44.6. The molecule has 0 heterocycles. The first-order valence-electron chi connectivity index (χ1n) is 25.6. The van der Waals surface area contributed by atoms with Gasteiger partial charge in [-0.05, 0) is 129 Å². The Labute approximate surface area is 436 Å². The second-order valence-corrected chi connectivity index (χ2v) is 19.5. The van der Waals surface area contributed by atoms with E-state index in [0.29, 0.717) is 12.0 Å². The summed E-state index contributed by atoms with van der Waals surface area (Å²) in [5, 5.41) is 21.2. The SMILES string of the molecule is CC(C)=CCC/C(C)=C/C(=O)N[C@H](CCN)C(=O)N[C@@H](CCN)C(=O)N[C@@H](CCN)C(=O)N[C@@H](CC(C)C)C(=O)N[C@H](Cc1ccccc1)C(=O)N[C@@H](CCN)C(=O)N[C@@H](CCN)C(=O)N[C@@H](CC(C)C)C(N)=O. The van der Waals surface area contributed by atoms with Gasteiger partial charge < -0.3 is 76.9 Å². The highest BCUT2D eigenvalue weighted by Gasteiger charge is 2.35. The van der Waals surface area contributed by atoms with Gasteiger partial charge in [-0.15, -0.1) is 0 Å². The number of hydrogen-bond acceptors (Lipinski definition) is 14. The van der Waals surface area contributed by atoms with Gasteiger partial charge in [0.2, 0.25) is 53.2 Å². The Morgan fingerprint density at radius 1 is 0.459 bits per heavy atom. The average Bonchev–Trinajstić information content (AvgIpc) is 3.32. The van der Waals surface area contributed by atoms with E-state index in [4.69, 9.17) is 34.4 Å². The summed E-state index contributed by atoms with van der Waals surface area (Å²) in [5.41, 5.74) is 37.3. The Hall–Kier alpha value is -6.27. The van der Waals surface area contributed by atoms with Crippen LogP contribution in [0.15, 0.2) is 53.6 Å². The lowest BCUT2D eigenvalue weighted by molar-refractivity contribution is -0.136. The van der Waals surface area contributed by atoms with Crippen LogP contribution in [0.25, 0.3) is 0 Å². The highest BCUT2D eigenvalue weighted by Crippen LogP contribution is 2.12. The number of amides is 9. The standard InChI is InChI=1S/C51H88N14O9/c1-30(2)12-11-13-33(7)28-43(66)58-35(16-21-52)45(68)59-36(17-22-53)46(69)61-39(20-25-56)49(72)64-41(27-32(5)6)50(73)65-42(29-34-14-9-8-10-15-34)51(74)62-37(18-23-54)47(70)60-38(19-24-55)48(71)63-40(44(57)67)26-31(3)4/h8-10,12,14-15,28,31-32,35-42H,11,13,16-27,29,52-56H2,1-7H3,(H2,57,67)(H,58,66)(H,59,68)(H,60,70)(H,61,69)(H,62,74)(H,63,71)(H,64,72)(H,65,73)/b33-28+/t35-,36+,37+,38+,39+,40+,41+,42-/m1/s1. The van der Waals surface area contributed by atoms with Crippen LogP contribution in [0, 0.1) is 11.8 Å². The zero-order chi connectivity index (χ0) is 55.9. The number of hydrogen-bond donors (Lipinski definition) is 14. The van der Waals surface area contributed by atoms with Crippen LogP contribution in [0.4, 0.5) is 0 Å². The maximum Gasteiger partial charge on any atom is 0.244 e. The quantitative estimate of drug-likeness (QED) is 0.0259. The van der Waals surface area contributed by atoms with Crippen LogP contribution in [0.1, 0.15) is 112 Å². The minimum atomic E-state index is -1.32. The lowest BCUT2D eigenvalue weighted by Crippen LogP contribution is -2.61. The Morgan fingerprint density at radius 3 is 1.15 bits per heavy atom. The molecule has 8 atom stereocenters. The molecule has 0 aromatic heterocycles. The molecule has 1 aromatic rings. The molecule has 0 unspecified atom stereocenters. The number of carbonyl (C=O) groups excluding carboxylic acids is 9. The average molecular weight is 1040 g/mol. The van der Waals surface area contributed by atoms with Crippen molar-refractivity contribution in [3.05, 3.63) is 59.2 Å². The van der Waals surface area contributed by atoms with Crippen LogP contribution in [0.3, 0.4) is 0 Å². The van der Waals surface area contributed by atoms with Crippen LogP contribution in [0.5, 0.6) is 0 Å². The number of nitrogens with one attached hydrogen (secondary N) is 8. The molecule has 416 valence electrons. The summed E-state index contributed by atoms with van der Waals surface area (Å²) in [6, 6.07) is -0.993. The van der Waals surface area contributed by atoms with Gasteiger partial charge in [0.1, 0.15) is 48.3 Å². The third-order valence-corrected chi connectivity index (χ3v) is 11.5. The van der Waals surface area contributed by atoms with Crippen LogP contribution in [0.2, 0.25) is 0 Å². The van der Waals surface area contributed by atoms with Gasteiger partial charge in [0, 0.05) is 12.5 Å². The van der Waals surface area contributed by atoms with Crippen molar-refractivity contribution in [1.29, 1.82) is 0 Å². The Bertz CT molecular complexity index is 2030. The summed E-state index contributed by atoms with van der Waals surface area (Å²) < 4.78 is 0. The molecule has 74 heavy (non-hydrogen) atoms. The van der Waals surface area contributed by atoms with Crippen molar-refractivity contribution in [3.63, 3.8) is 0 Å². The monoisotopic (exact) mass is 1040 g/mol. The first-order valence-corrected chi connectivity index (χ1v) is 25.6. The zero-order valence-electron chi connectivity index (χ0n) is 44.6. The fraction of sp³-hybridized carbons (Fsp3) is 0.627. The van der Waals surface area contributed by atoms with Gasteiger partial charge in [0.05, 0.1) is 0 Å². The Balaban J connectivity index is 3.40. The van der Waals surface area contributed by atoms with Crippen molar-refractivity contribution < 1.29 is 43.2 Å². The van der Waals surface area contributed by atoms with E-state index < -0.39 is 101 Å². The van der Waals surface area contributed by atoms with Crippen molar-refractivity contribution in [3.8, 4) is 0 Å². The van der Waals surface area contributed by atoms with Crippen molar-refractivity contribution in [2.45, 2.75) is 161 Å². The molecule has 23 heteroatoms. The third-order valence-electron chi connectivity index (χ3n) is 11.5. The number of allylic oxidation sites excluding steroid dienone is 3. The molecular formula is C51H88N14O9. The van der Waals surface area contributed by atoms with Gasteiger partial charge in [-0.1, -0.05) is 75.2 Å². The molecule has 0 aliphatic heterocycles. The molecule has 1 rings (SSSR count). The second-order valence-electron chi connectivity index (χ2n) is 19.5. The highest BCUT2D eigenvalue weighted by molar-refractivity contribution is 5.98. The maximum atomic E-state index is 14.3. The van der Waals surface area contributed by atoms with Gasteiger partial charge in [0.15, 0.2) is 0 Å². The number of rotatable bonds is 36. The summed E-state index contributed by atoms with van der Waals surface area (Å²) in [6.45, 7) is 13.0. The lowest BCUT2D eigenvalue weighted by atomic mass is 10.00. The molecule has 0 aliphatic carbocycles. The van der Waals surface area contributed by atoms with E-state index in [1.165, 1.54) is 6.08 Å². The predicted molar refractivity (Wildman–Crippen MR) is 284 cm³/mol. The predicted octanol–water partition coefficient (Wildman–Crippen LogP) is -1.88. The smallest absolute Gasteiger partial charge is 0.244 e. The third kappa shape index (κ3) is 26.1. The summed E-state index contributed by atoms with van der Waals surface area (Å²) in [5.74, 6) is -6.70. The van der Waals surface area contributed by atoms with E-state index in [9.17, 15) is 43.2 Å². The molecule has 0 bridgehead atoms. The minimum Gasteiger partial charge on any atom is -0.368 e. The van der Waals surface area contributed by atoms with Crippen molar-refractivity contribution in [2.24, 2.45) is 46.2 Å². The van der Waals surface area contributed by atoms with E-state index in [-0.39, 0.29) is 95.9 Å². The molecule has 20 N–H and O–H groups in total. The lowest BCUT2D eigenvalue weighted by Gasteiger charge is -2.28. The van der Waals surface area contributed by atoms with Gasteiger partial charge in [-0.2, -0.15) is 0 Å². The summed E-state index contributed by atoms with van der Waals surface area (Å²) >= 11 is 0. The number of benzene rings is 1. The Kier molecular flexibility index (Phi) is 31.8. The van der Waals surface area contributed by atoms with Gasteiger partial charge >= 0.3 is 0 Å². The van der Waals surface area contributed by atoms with Gasteiger partial charge in [-0.25, -0.2) is 0 Å². The largest absolute Gasteiger partial charge is 0.368 e. The second kappa shape index (κ2) is 35.8. The normalized spacial score (nSPS) is 14.6. The van der Waals surface area contributed by atoms with E-state index in [1.807, 2.05) is 48.5 Å². The molecule has 0 aliphatic rings. The first kappa shape index (κ1) is 65.7. The summed E-state index contributed by atoms with van der Waals surface area (Å²) in [4.78, 5) is 122. The molecule has 0 saturated carbocycles. The van der Waals surface area contributed by atoms with Gasteiger partial charge in [-0.3, -0.25) is 43.2 Å². The maximum absolute atomic E-state index is 14.3. The Morgan fingerprint density at radius 2 is 0.784 bits per heavy atom. The number of primary amides is 1. The minimum absolute atomic E-state index is 0.00831. The van der Waals surface area contributed by atoms with Crippen molar-refractivity contribution >= 4 is 53.2 Å². The van der Waals surface area contributed by atoms with E-state index in [0.717, 1.165) is 17.6 Å². The number of nitrogens with two attached hydrogens (primary N) is 6. The molecule has 0 radical (unpaired) electrons.